The summed E-state index contributed by atoms with van der Waals surface area (Å²) in [5.41, 5.74) is 1.32. The van der Waals surface area contributed by atoms with Crippen LogP contribution in [0.15, 0.2) is 36.5 Å². The molecule has 26 heavy (non-hydrogen) atoms. The Morgan fingerprint density at radius 2 is 2.12 bits per heavy atom. The van der Waals surface area contributed by atoms with Crippen LogP contribution < -0.4 is 14.8 Å². The van der Waals surface area contributed by atoms with E-state index < -0.39 is 6.04 Å². The van der Waals surface area contributed by atoms with Gasteiger partial charge in [0.1, 0.15) is 17.2 Å². The molecule has 1 aromatic heterocycles. The van der Waals surface area contributed by atoms with Crippen LogP contribution in [0, 0.1) is 0 Å². The van der Waals surface area contributed by atoms with E-state index in [1.54, 1.807) is 47.1 Å². The molecule has 2 aromatic rings. The standard InChI is InChI=1S/C18H17N3O4S/c1-24-12-7-6-10-14(15(12)25-2)17(23)21-11(9-26-18(10)21)16(22)20-13-5-3-4-8-19-13/h3-8,11,18H,9H2,1-2H3,(H,19,20,22)/t11-,18-/m0/s1. The number of thioether (sulfide) groups is 1. The summed E-state index contributed by atoms with van der Waals surface area (Å²) in [5, 5.41) is 2.58. The van der Waals surface area contributed by atoms with Crippen molar-refractivity contribution in [2.45, 2.75) is 11.4 Å². The molecule has 0 radical (unpaired) electrons. The highest BCUT2D eigenvalue weighted by Gasteiger charge is 2.50. The Kier molecular flexibility index (Phi) is 4.20. The molecule has 0 saturated carbocycles. The second-order valence-corrected chi connectivity index (χ2v) is 7.00. The van der Waals surface area contributed by atoms with Crippen molar-refractivity contribution in [3.63, 3.8) is 0 Å². The van der Waals surface area contributed by atoms with Crippen LogP contribution in [0.1, 0.15) is 21.3 Å². The lowest BCUT2D eigenvalue weighted by molar-refractivity contribution is -0.119. The summed E-state index contributed by atoms with van der Waals surface area (Å²) in [5.74, 6) is 1.45. The number of carbonyl (C=O) groups excluding carboxylic acids is 2. The highest BCUT2D eigenvalue weighted by atomic mass is 32.2. The second-order valence-electron chi connectivity index (χ2n) is 5.88. The van der Waals surface area contributed by atoms with Gasteiger partial charge in [0.15, 0.2) is 11.5 Å². The molecule has 1 saturated heterocycles. The predicted molar refractivity (Wildman–Crippen MR) is 97.6 cm³/mol. The van der Waals surface area contributed by atoms with Gasteiger partial charge >= 0.3 is 0 Å². The number of anilines is 1. The second kappa shape index (κ2) is 6.53. The third-order valence-electron chi connectivity index (χ3n) is 4.51. The van der Waals surface area contributed by atoms with E-state index in [0.717, 1.165) is 5.56 Å². The van der Waals surface area contributed by atoms with Crippen LogP contribution in [-0.4, -0.2) is 47.7 Å². The van der Waals surface area contributed by atoms with Crippen molar-refractivity contribution < 1.29 is 19.1 Å². The van der Waals surface area contributed by atoms with Crippen molar-refractivity contribution >= 4 is 29.4 Å². The third-order valence-corrected chi connectivity index (χ3v) is 5.82. The average Bonchev–Trinajstić information content (AvgIpc) is 3.22. The van der Waals surface area contributed by atoms with Crippen molar-refractivity contribution in [3.05, 3.63) is 47.7 Å². The number of fused-ring (bicyclic) bond motifs is 3. The number of methoxy groups -OCH3 is 2. The smallest absolute Gasteiger partial charge is 0.260 e. The Hall–Kier alpha value is -2.74. The van der Waals surface area contributed by atoms with Gasteiger partial charge in [-0.15, -0.1) is 11.8 Å². The fourth-order valence-corrected chi connectivity index (χ4v) is 4.80. The molecule has 0 bridgehead atoms. The summed E-state index contributed by atoms with van der Waals surface area (Å²) in [4.78, 5) is 31.5. The number of carbonyl (C=O) groups is 2. The molecule has 1 N–H and O–H groups in total. The number of ether oxygens (including phenoxy) is 2. The summed E-state index contributed by atoms with van der Waals surface area (Å²) in [6.45, 7) is 0. The molecule has 2 aliphatic rings. The maximum absolute atomic E-state index is 13.1. The SMILES string of the molecule is COc1ccc2c(c1OC)C(=O)N1[C@H](C(=O)Nc3ccccn3)CS[C@@H]21. The van der Waals surface area contributed by atoms with Gasteiger partial charge in [0.25, 0.3) is 5.91 Å². The summed E-state index contributed by atoms with van der Waals surface area (Å²) in [6, 6.07) is 8.37. The molecule has 2 atom stereocenters. The minimum absolute atomic E-state index is 0.197. The molecule has 0 unspecified atom stereocenters. The van der Waals surface area contributed by atoms with Crippen LogP contribution in [0.4, 0.5) is 5.82 Å². The maximum Gasteiger partial charge on any atom is 0.260 e. The summed E-state index contributed by atoms with van der Waals surface area (Å²) < 4.78 is 10.7. The van der Waals surface area contributed by atoms with E-state index in [1.807, 2.05) is 6.07 Å². The number of aromatic nitrogens is 1. The Morgan fingerprint density at radius 3 is 2.81 bits per heavy atom. The highest BCUT2D eigenvalue weighted by molar-refractivity contribution is 7.99. The van der Waals surface area contributed by atoms with Crippen molar-refractivity contribution in [3.8, 4) is 11.5 Å². The fourth-order valence-electron chi connectivity index (χ4n) is 3.34. The fraction of sp³-hybridized carbons (Fsp3) is 0.278. The number of hydrogen-bond donors (Lipinski definition) is 1. The van der Waals surface area contributed by atoms with Crippen molar-refractivity contribution in [2.75, 3.05) is 25.3 Å². The van der Waals surface area contributed by atoms with Gasteiger partial charge in [-0.05, 0) is 18.2 Å². The topological polar surface area (TPSA) is 80.8 Å². The third kappa shape index (κ3) is 2.48. The Balaban J connectivity index is 1.64. The Labute approximate surface area is 154 Å². The number of pyridine rings is 1. The van der Waals surface area contributed by atoms with E-state index in [2.05, 4.69) is 10.3 Å². The van der Waals surface area contributed by atoms with Crippen LogP contribution in [0.3, 0.4) is 0 Å². The molecule has 1 aromatic carbocycles. The molecule has 2 amide bonds. The lowest BCUT2D eigenvalue weighted by Crippen LogP contribution is -2.43. The van der Waals surface area contributed by atoms with Gasteiger partial charge in [0.05, 0.1) is 19.8 Å². The monoisotopic (exact) mass is 371 g/mol. The first-order valence-corrected chi connectivity index (χ1v) is 9.11. The van der Waals surface area contributed by atoms with E-state index in [1.165, 1.54) is 14.2 Å². The van der Waals surface area contributed by atoms with E-state index in [9.17, 15) is 9.59 Å². The van der Waals surface area contributed by atoms with Crippen LogP contribution >= 0.6 is 11.8 Å². The van der Waals surface area contributed by atoms with Crippen LogP contribution in [0.5, 0.6) is 11.5 Å². The summed E-state index contributed by atoms with van der Waals surface area (Å²) in [6.07, 6.45) is 1.61. The van der Waals surface area contributed by atoms with Crippen molar-refractivity contribution in [1.29, 1.82) is 0 Å². The van der Waals surface area contributed by atoms with E-state index in [4.69, 9.17) is 9.47 Å². The molecule has 3 heterocycles. The number of benzene rings is 1. The molecule has 0 aliphatic carbocycles. The minimum Gasteiger partial charge on any atom is -0.493 e. The maximum atomic E-state index is 13.1. The van der Waals surface area contributed by atoms with Gasteiger partial charge in [-0.3, -0.25) is 9.59 Å². The largest absolute Gasteiger partial charge is 0.493 e. The highest BCUT2D eigenvalue weighted by Crippen LogP contribution is 2.52. The first-order valence-electron chi connectivity index (χ1n) is 8.06. The lowest BCUT2D eigenvalue weighted by atomic mass is 10.1. The van der Waals surface area contributed by atoms with E-state index in [0.29, 0.717) is 28.6 Å². The van der Waals surface area contributed by atoms with Gasteiger partial charge in [0.2, 0.25) is 5.91 Å². The number of nitrogens with one attached hydrogen (secondary N) is 1. The van der Waals surface area contributed by atoms with Crippen LogP contribution in [0.2, 0.25) is 0 Å². The van der Waals surface area contributed by atoms with Crippen LogP contribution in [0.25, 0.3) is 0 Å². The quantitative estimate of drug-likeness (QED) is 0.888. The van der Waals surface area contributed by atoms with Gasteiger partial charge in [-0.2, -0.15) is 0 Å². The first-order chi connectivity index (χ1) is 12.7. The van der Waals surface area contributed by atoms with Crippen molar-refractivity contribution in [1.82, 2.24) is 9.88 Å². The van der Waals surface area contributed by atoms with Gasteiger partial charge in [-0.25, -0.2) is 4.98 Å². The first kappa shape index (κ1) is 16.7. The van der Waals surface area contributed by atoms with Gasteiger partial charge < -0.3 is 19.7 Å². The molecule has 0 spiro atoms. The van der Waals surface area contributed by atoms with E-state index >= 15 is 0 Å². The zero-order chi connectivity index (χ0) is 18.3. The van der Waals surface area contributed by atoms with Gasteiger partial charge in [-0.1, -0.05) is 12.1 Å². The van der Waals surface area contributed by atoms with Gasteiger partial charge in [0, 0.05) is 17.5 Å². The minimum atomic E-state index is -0.567. The molecular formula is C18H17N3O4S. The molecule has 4 rings (SSSR count). The summed E-state index contributed by atoms with van der Waals surface area (Å²) >= 11 is 1.57. The average molecular weight is 371 g/mol. The number of amides is 2. The zero-order valence-electron chi connectivity index (χ0n) is 14.3. The number of hydrogen-bond acceptors (Lipinski definition) is 6. The molecule has 134 valence electrons. The molecule has 2 aliphatic heterocycles. The normalized spacial score (nSPS) is 20.5. The zero-order valence-corrected chi connectivity index (χ0v) is 15.1. The van der Waals surface area contributed by atoms with Crippen molar-refractivity contribution in [2.24, 2.45) is 0 Å². The predicted octanol–water partition coefficient (Wildman–Crippen LogP) is 2.31. The Morgan fingerprint density at radius 1 is 1.27 bits per heavy atom. The lowest BCUT2D eigenvalue weighted by Gasteiger charge is -2.22. The Bertz CT molecular complexity index is 874. The molecular weight excluding hydrogens is 354 g/mol. The van der Waals surface area contributed by atoms with Crippen LogP contribution in [-0.2, 0) is 4.79 Å². The molecule has 1 fully saturated rings. The van der Waals surface area contributed by atoms with E-state index in [-0.39, 0.29) is 17.2 Å². The molecule has 8 heteroatoms. The molecule has 7 nitrogen and oxygen atoms in total. The summed E-state index contributed by atoms with van der Waals surface area (Å²) in [7, 11) is 3.04. The number of nitrogens with zero attached hydrogens (tertiary/aromatic N) is 2. The number of rotatable bonds is 4.